The van der Waals surface area contributed by atoms with Gasteiger partial charge in [0, 0.05) is 37.6 Å². The van der Waals surface area contributed by atoms with Crippen molar-refractivity contribution in [1.29, 1.82) is 5.26 Å². The number of aromatic nitrogens is 1. The number of carbonyl (C=O) groups excluding carboxylic acids is 1. The fourth-order valence-corrected chi connectivity index (χ4v) is 1.81. The van der Waals surface area contributed by atoms with Crippen LogP contribution in [0.5, 0.6) is 0 Å². The Morgan fingerprint density at radius 2 is 2.19 bits per heavy atom. The Bertz CT molecular complexity index is 634. The zero-order chi connectivity index (χ0) is 14.9. The predicted octanol–water partition coefficient (Wildman–Crippen LogP) is 2.07. The van der Waals surface area contributed by atoms with Crippen LogP contribution < -0.4 is 10.6 Å². The van der Waals surface area contributed by atoms with Crippen LogP contribution in [0.25, 0.3) is 0 Å². The minimum absolute atomic E-state index is 0.0252. The molecule has 0 bridgehead atoms. The zero-order valence-corrected chi connectivity index (χ0v) is 11.5. The van der Waals surface area contributed by atoms with Crippen LogP contribution in [0.2, 0.25) is 0 Å². The number of nitriles is 1. The van der Waals surface area contributed by atoms with Crippen LogP contribution in [-0.2, 0) is 11.3 Å². The second-order valence-corrected chi connectivity index (χ2v) is 4.51. The largest absolute Gasteiger partial charge is 0.384 e. The number of anilines is 1. The Labute approximate surface area is 123 Å². The van der Waals surface area contributed by atoms with Gasteiger partial charge in [-0.25, -0.2) is 0 Å². The molecule has 1 aromatic heterocycles. The fourth-order valence-electron chi connectivity index (χ4n) is 1.81. The molecule has 0 saturated heterocycles. The average molecular weight is 280 g/mol. The van der Waals surface area contributed by atoms with Gasteiger partial charge < -0.3 is 10.6 Å². The highest BCUT2D eigenvalue weighted by Crippen LogP contribution is 2.09. The first-order chi connectivity index (χ1) is 10.3. The van der Waals surface area contributed by atoms with Gasteiger partial charge in [-0.05, 0) is 29.8 Å². The maximum absolute atomic E-state index is 11.7. The Morgan fingerprint density at radius 3 is 2.95 bits per heavy atom. The van der Waals surface area contributed by atoms with E-state index >= 15 is 0 Å². The van der Waals surface area contributed by atoms with Crippen molar-refractivity contribution in [2.24, 2.45) is 0 Å². The highest BCUT2D eigenvalue weighted by Gasteiger charge is 2.01. The summed E-state index contributed by atoms with van der Waals surface area (Å²) in [5, 5.41) is 14.8. The smallest absolute Gasteiger partial charge is 0.222 e. The van der Waals surface area contributed by atoms with E-state index in [0.717, 1.165) is 11.3 Å². The summed E-state index contributed by atoms with van der Waals surface area (Å²) in [5.41, 5.74) is 2.41. The monoisotopic (exact) mass is 280 g/mol. The summed E-state index contributed by atoms with van der Waals surface area (Å²) in [4.78, 5) is 15.7. The van der Waals surface area contributed by atoms with Gasteiger partial charge in [-0.15, -0.1) is 0 Å². The van der Waals surface area contributed by atoms with E-state index in [1.807, 2.05) is 24.3 Å². The number of pyridine rings is 1. The molecule has 0 aliphatic carbocycles. The van der Waals surface area contributed by atoms with Gasteiger partial charge >= 0.3 is 0 Å². The van der Waals surface area contributed by atoms with Crippen LogP contribution in [0.15, 0.2) is 48.8 Å². The van der Waals surface area contributed by atoms with Gasteiger partial charge in [0.05, 0.1) is 11.6 Å². The second-order valence-electron chi connectivity index (χ2n) is 4.51. The summed E-state index contributed by atoms with van der Waals surface area (Å²) >= 11 is 0. The molecule has 2 aromatic rings. The molecule has 1 aromatic carbocycles. The molecule has 1 amide bonds. The third-order valence-corrected chi connectivity index (χ3v) is 2.89. The van der Waals surface area contributed by atoms with Crippen LogP contribution in [-0.4, -0.2) is 17.4 Å². The van der Waals surface area contributed by atoms with E-state index in [0.29, 0.717) is 25.1 Å². The Morgan fingerprint density at radius 1 is 1.29 bits per heavy atom. The summed E-state index contributed by atoms with van der Waals surface area (Å²) in [6.07, 6.45) is 3.80. The zero-order valence-electron chi connectivity index (χ0n) is 11.5. The van der Waals surface area contributed by atoms with Crippen molar-refractivity contribution in [2.45, 2.75) is 13.0 Å². The van der Waals surface area contributed by atoms with E-state index in [-0.39, 0.29) is 5.91 Å². The minimum Gasteiger partial charge on any atom is -0.384 e. The van der Waals surface area contributed by atoms with Crippen molar-refractivity contribution < 1.29 is 4.79 Å². The number of nitrogens with zero attached hydrogens (tertiary/aromatic N) is 2. The summed E-state index contributed by atoms with van der Waals surface area (Å²) in [6.45, 7) is 1.00. The molecule has 0 aliphatic rings. The Balaban J connectivity index is 1.71. The normalized spacial score (nSPS) is 9.67. The van der Waals surface area contributed by atoms with Crippen molar-refractivity contribution in [3.8, 4) is 6.07 Å². The van der Waals surface area contributed by atoms with E-state index in [2.05, 4.69) is 21.7 Å². The average Bonchev–Trinajstić information content (AvgIpc) is 2.54. The van der Waals surface area contributed by atoms with Gasteiger partial charge in [-0.3, -0.25) is 9.78 Å². The molecule has 1 heterocycles. The highest BCUT2D eigenvalue weighted by molar-refractivity contribution is 5.76. The number of nitrogens with one attached hydrogen (secondary N) is 2. The molecule has 21 heavy (non-hydrogen) atoms. The van der Waals surface area contributed by atoms with Crippen LogP contribution in [0, 0.1) is 11.3 Å². The van der Waals surface area contributed by atoms with Gasteiger partial charge in [0.15, 0.2) is 0 Å². The van der Waals surface area contributed by atoms with Crippen LogP contribution in [0.4, 0.5) is 5.69 Å². The van der Waals surface area contributed by atoms with Gasteiger partial charge in [-0.2, -0.15) is 5.26 Å². The SMILES string of the molecule is N#Cc1cccc(NCCC(=O)NCc2cccnc2)c1. The number of hydrogen-bond acceptors (Lipinski definition) is 4. The first-order valence-corrected chi connectivity index (χ1v) is 6.67. The van der Waals surface area contributed by atoms with E-state index in [1.165, 1.54) is 0 Å². The lowest BCUT2D eigenvalue weighted by Crippen LogP contribution is -2.24. The standard InChI is InChI=1S/C16H16N4O/c17-10-13-3-1-5-15(9-13)19-8-6-16(21)20-12-14-4-2-7-18-11-14/h1-5,7,9,11,19H,6,8,12H2,(H,20,21). The lowest BCUT2D eigenvalue weighted by atomic mass is 10.2. The van der Waals surface area contributed by atoms with Crippen molar-refractivity contribution in [1.82, 2.24) is 10.3 Å². The highest BCUT2D eigenvalue weighted by atomic mass is 16.1. The maximum atomic E-state index is 11.7. The molecule has 0 saturated carbocycles. The molecule has 106 valence electrons. The number of rotatable bonds is 6. The molecule has 5 nitrogen and oxygen atoms in total. The Kier molecular flexibility index (Phi) is 5.30. The molecule has 0 radical (unpaired) electrons. The second kappa shape index (κ2) is 7.65. The van der Waals surface area contributed by atoms with E-state index < -0.39 is 0 Å². The first kappa shape index (κ1) is 14.5. The van der Waals surface area contributed by atoms with E-state index in [4.69, 9.17) is 5.26 Å². The van der Waals surface area contributed by atoms with Gasteiger partial charge in [-0.1, -0.05) is 12.1 Å². The van der Waals surface area contributed by atoms with Crippen LogP contribution in [0.1, 0.15) is 17.5 Å². The van der Waals surface area contributed by atoms with Gasteiger partial charge in [0.25, 0.3) is 0 Å². The molecule has 0 spiro atoms. The number of carbonyl (C=O) groups is 1. The molecule has 0 atom stereocenters. The quantitative estimate of drug-likeness (QED) is 0.849. The number of hydrogen-bond donors (Lipinski definition) is 2. The molecule has 2 N–H and O–H groups in total. The molecular weight excluding hydrogens is 264 g/mol. The molecule has 5 heteroatoms. The predicted molar refractivity (Wildman–Crippen MR) is 80.3 cm³/mol. The fraction of sp³-hybridized carbons (Fsp3) is 0.188. The summed E-state index contributed by atoms with van der Waals surface area (Å²) in [7, 11) is 0. The van der Waals surface area contributed by atoms with Crippen molar-refractivity contribution in [2.75, 3.05) is 11.9 Å². The lowest BCUT2D eigenvalue weighted by molar-refractivity contribution is -0.121. The Hall–Kier alpha value is -2.87. The maximum Gasteiger partial charge on any atom is 0.222 e. The molecular formula is C16H16N4O. The summed E-state index contributed by atoms with van der Waals surface area (Å²) < 4.78 is 0. The van der Waals surface area contributed by atoms with Crippen molar-refractivity contribution in [3.05, 3.63) is 59.9 Å². The van der Waals surface area contributed by atoms with Crippen LogP contribution >= 0.6 is 0 Å². The lowest BCUT2D eigenvalue weighted by Gasteiger charge is -2.07. The van der Waals surface area contributed by atoms with Gasteiger partial charge in [0.1, 0.15) is 0 Å². The van der Waals surface area contributed by atoms with Crippen molar-refractivity contribution >= 4 is 11.6 Å². The molecule has 0 unspecified atom stereocenters. The summed E-state index contributed by atoms with van der Waals surface area (Å²) in [5.74, 6) is -0.0252. The van der Waals surface area contributed by atoms with Crippen molar-refractivity contribution in [3.63, 3.8) is 0 Å². The molecule has 0 fully saturated rings. The van der Waals surface area contributed by atoms with Crippen LogP contribution in [0.3, 0.4) is 0 Å². The molecule has 0 aliphatic heterocycles. The first-order valence-electron chi connectivity index (χ1n) is 6.67. The van der Waals surface area contributed by atoms with Gasteiger partial charge in [0.2, 0.25) is 5.91 Å². The number of benzene rings is 1. The third-order valence-electron chi connectivity index (χ3n) is 2.89. The molecule has 2 rings (SSSR count). The topological polar surface area (TPSA) is 77.8 Å². The number of amides is 1. The minimum atomic E-state index is -0.0252. The van der Waals surface area contributed by atoms with E-state index in [1.54, 1.807) is 24.5 Å². The van der Waals surface area contributed by atoms with E-state index in [9.17, 15) is 4.79 Å². The summed E-state index contributed by atoms with van der Waals surface area (Å²) in [6, 6.07) is 13.0. The third kappa shape index (κ3) is 4.96.